The number of carbonyl (C=O) groups excluding carboxylic acids is 2. The Morgan fingerprint density at radius 3 is 2.44 bits per heavy atom. The van der Waals surface area contributed by atoms with Gasteiger partial charge in [0.15, 0.2) is 5.82 Å². The number of carbonyl (C=O) groups is 2. The molecule has 2 amide bonds. The summed E-state index contributed by atoms with van der Waals surface area (Å²) in [5.41, 5.74) is -1.14. The average Bonchev–Trinajstić information content (AvgIpc) is 3.52. The molecule has 0 saturated heterocycles. The first-order chi connectivity index (χ1) is 19.9. The zero-order chi connectivity index (χ0) is 31.9. The van der Waals surface area contributed by atoms with Gasteiger partial charge in [-0.25, -0.2) is 14.3 Å². The highest BCUT2D eigenvalue weighted by atomic mass is 35.5. The second kappa shape index (κ2) is 11.8. The summed E-state index contributed by atoms with van der Waals surface area (Å²) in [6.45, 7) is 4.45. The fraction of sp³-hybridized carbons (Fsp3) is 0.375. The van der Waals surface area contributed by atoms with Crippen molar-refractivity contribution in [3.8, 4) is 5.82 Å². The summed E-state index contributed by atoms with van der Waals surface area (Å²) in [6, 6.07) is 4.00. The molecule has 43 heavy (non-hydrogen) atoms. The third-order valence-electron chi connectivity index (χ3n) is 5.68. The van der Waals surface area contributed by atoms with Crippen LogP contribution in [0.3, 0.4) is 0 Å². The highest BCUT2D eigenvalue weighted by Crippen LogP contribution is 2.42. The van der Waals surface area contributed by atoms with Crippen LogP contribution in [0.25, 0.3) is 5.82 Å². The van der Waals surface area contributed by atoms with Crippen molar-refractivity contribution >= 4 is 46.6 Å². The number of rotatable bonds is 7. The number of alkyl halides is 6. The number of tetrazole rings is 1. The lowest BCUT2D eigenvalue weighted by molar-refractivity contribution is -0.293. The van der Waals surface area contributed by atoms with Gasteiger partial charge in [0.05, 0.1) is 33.4 Å². The lowest BCUT2D eigenvalue weighted by atomic mass is 9.98. The minimum absolute atomic E-state index is 0.0153. The van der Waals surface area contributed by atoms with Crippen LogP contribution in [0.15, 0.2) is 46.8 Å². The standard InChI is InChI=1S/C24H21Cl3F5N9O2/c1-22(2,3)35-19(42)13-7-11(25)8-15(27)17(13)34-20(43)16-9-12(37-41(16)18-14(26)5-4-6-33-18)10-40-21(36-38-39-40)23(28,29)24(30,31)32/h4-6,8-9,11H,7,10H2,1-3H3,(H,34,43)(H,35,42). The number of hydrogen-bond donors (Lipinski definition) is 2. The van der Waals surface area contributed by atoms with E-state index in [-0.39, 0.29) is 49.6 Å². The normalized spacial score (nSPS) is 16.3. The molecule has 0 fully saturated rings. The van der Waals surface area contributed by atoms with Crippen molar-refractivity contribution in [2.45, 2.75) is 56.8 Å². The van der Waals surface area contributed by atoms with Gasteiger partial charge in [-0.15, -0.1) is 16.7 Å². The summed E-state index contributed by atoms with van der Waals surface area (Å²) in [5, 5.41) is 17.8. The number of aromatic nitrogens is 7. The van der Waals surface area contributed by atoms with Gasteiger partial charge in [0.25, 0.3) is 5.91 Å². The largest absolute Gasteiger partial charge is 0.461 e. The van der Waals surface area contributed by atoms with Gasteiger partial charge >= 0.3 is 12.1 Å². The molecule has 1 atom stereocenters. The maximum Gasteiger partial charge on any atom is 0.461 e. The van der Waals surface area contributed by atoms with Gasteiger partial charge in [-0.1, -0.05) is 23.2 Å². The second-order valence-corrected chi connectivity index (χ2v) is 11.6. The van der Waals surface area contributed by atoms with Gasteiger partial charge in [0.2, 0.25) is 11.7 Å². The number of amides is 2. The van der Waals surface area contributed by atoms with Crippen LogP contribution < -0.4 is 10.6 Å². The van der Waals surface area contributed by atoms with Gasteiger partial charge < -0.3 is 10.6 Å². The number of nitrogens with one attached hydrogen (secondary N) is 2. The quantitative estimate of drug-likeness (QED) is 0.277. The molecule has 1 aliphatic rings. The Kier molecular flexibility index (Phi) is 8.86. The van der Waals surface area contributed by atoms with E-state index in [1.54, 1.807) is 20.8 Å². The molecule has 4 rings (SSSR count). The van der Waals surface area contributed by atoms with Crippen LogP contribution in [0.5, 0.6) is 0 Å². The van der Waals surface area contributed by atoms with Gasteiger partial charge in [0, 0.05) is 17.3 Å². The lowest BCUT2D eigenvalue weighted by Crippen LogP contribution is -2.43. The highest BCUT2D eigenvalue weighted by Gasteiger charge is 2.62. The molecule has 3 aromatic heterocycles. The smallest absolute Gasteiger partial charge is 0.348 e. The van der Waals surface area contributed by atoms with E-state index in [0.717, 1.165) is 10.7 Å². The van der Waals surface area contributed by atoms with Crippen LogP contribution in [-0.2, 0) is 17.3 Å². The number of pyridine rings is 1. The monoisotopic (exact) mass is 667 g/mol. The molecule has 230 valence electrons. The third kappa shape index (κ3) is 6.96. The van der Waals surface area contributed by atoms with Crippen LogP contribution in [0.1, 0.15) is 49.2 Å². The van der Waals surface area contributed by atoms with Crippen LogP contribution in [0.4, 0.5) is 22.0 Å². The van der Waals surface area contributed by atoms with Crippen molar-refractivity contribution in [1.29, 1.82) is 0 Å². The van der Waals surface area contributed by atoms with Gasteiger partial charge in [-0.2, -0.15) is 27.1 Å². The second-order valence-electron chi connectivity index (χ2n) is 10.2. The van der Waals surface area contributed by atoms with Crippen LogP contribution in [0, 0.1) is 0 Å². The molecule has 0 radical (unpaired) electrons. The Hall–Kier alpha value is -3.63. The third-order valence-corrected chi connectivity index (χ3v) is 6.57. The molecule has 1 aliphatic carbocycles. The number of nitrogens with zero attached hydrogens (tertiary/aromatic N) is 7. The highest BCUT2D eigenvalue weighted by molar-refractivity contribution is 6.34. The van der Waals surface area contributed by atoms with Crippen LogP contribution in [0.2, 0.25) is 5.02 Å². The first-order valence-corrected chi connectivity index (χ1v) is 13.4. The summed E-state index contributed by atoms with van der Waals surface area (Å²) in [5.74, 6) is -8.70. The Balaban J connectivity index is 1.77. The van der Waals surface area contributed by atoms with E-state index in [9.17, 15) is 31.5 Å². The zero-order valence-electron chi connectivity index (χ0n) is 22.3. The van der Waals surface area contributed by atoms with Crippen molar-refractivity contribution < 1.29 is 31.5 Å². The van der Waals surface area contributed by atoms with Crippen LogP contribution >= 0.6 is 34.8 Å². The fourth-order valence-corrected chi connectivity index (χ4v) is 4.72. The Bertz CT molecular complexity index is 1630. The summed E-state index contributed by atoms with van der Waals surface area (Å²) < 4.78 is 68.2. The number of allylic oxidation sites excluding steroid dienone is 2. The molecule has 0 saturated carbocycles. The predicted molar refractivity (Wildman–Crippen MR) is 144 cm³/mol. The van der Waals surface area contributed by atoms with E-state index in [0.29, 0.717) is 0 Å². The Morgan fingerprint density at radius 2 is 1.81 bits per heavy atom. The van der Waals surface area contributed by atoms with Crippen LogP contribution in [-0.4, -0.2) is 63.9 Å². The van der Waals surface area contributed by atoms with Crippen molar-refractivity contribution in [3.63, 3.8) is 0 Å². The molecule has 11 nitrogen and oxygen atoms in total. The molecule has 2 N–H and O–H groups in total. The maximum atomic E-state index is 14.0. The van der Waals surface area contributed by atoms with Gasteiger partial charge in [-0.3, -0.25) is 9.59 Å². The molecular weight excluding hydrogens is 648 g/mol. The van der Waals surface area contributed by atoms with Crippen molar-refractivity contribution in [2.75, 3.05) is 0 Å². The first kappa shape index (κ1) is 32.3. The van der Waals surface area contributed by atoms with E-state index < -0.39 is 47.2 Å². The predicted octanol–water partition coefficient (Wildman–Crippen LogP) is 4.64. The van der Waals surface area contributed by atoms with E-state index in [1.807, 2.05) is 0 Å². The SMILES string of the molecule is CC(C)(C)NC(=O)C1=C(NC(=O)c2cc(Cn3nnnc3C(F)(F)C(F)(F)F)nn2-c2ncccc2Cl)C(Cl)=CC(Cl)C1. The first-order valence-electron chi connectivity index (χ1n) is 12.2. The maximum absolute atomic E-state index is 14.0. The molecule has 0 bridgehead atoms. The molecule has 3 heterocycles. The van der Waals surface area contributed by atoms with Gasteiger partial charge in [-0.05, 0) is 61.9 Å². The molecule has 1 unspecified atom stereocenters. The molecular formula is C24H21Cl3F5N9O2. The number of hydrogen-bond acceptors (Lipinski definition) is 7. The Labute approximate surface area is 255 Å². The topological polar surface area (TPSA) is 133 Å². The average molecular weight is 669 g/mol. The number of halogens is 8. The lowest BCUT2D eigenvalue weighted by Gasteiger charge is -2.26. The van der Waals surface area contributed by atoms with Crippen molar-refractivity contribution in [3.05, 3.63) is 69.0 Å². The summed E-state index contributed by atoms with van der Waals surface area (Å²) >= 11 is 18.9. The summed E-state index contributed by atoms with van der Waals surface area (Å²) in [4.78, 5) is 30.8. The van der Waals surface area contributed by atoms with Crippen molar-refractivity contribution in [1.82, 2.24) is 45.6 Å². The van der Waals surface area contributed by atoms with E-state index in [2.05, 4.69) is 36.2 Å². The van der Waals surface area contributed by atoms with Gasteiger partial charge in [0.1, 0.15) is 5.69 Å². The van der Waals surface area contributed by atoms with E-state index >= 15 is 0 Å². The zero-order valence-corrected chi connectivity index (χ0v) is 24.6. The molecule has 0 aromatic carbocycles. The molecule has 0 spiro atoms. The fourth-order valence-electron chi connectivity index (χ4n) is 3.86. The van der Waals surface area contributed by atoms with E-state index in [4.69, 9.17) is 34.8 Å². The summed E-state index contributed by atoms with van der Waals surface area (Å²) in [7, 11) is 0. The minimum Gasteiger partial charge on any atom is -0.348 e. The van der Waals surface area contributed by atoms with E-state index in [1.165, 1.54) is 24.4 Å². The minimum atomic E-state index is -5.98. The molecule has 3 aromatic rings. The summed E-state index contributed by atoms with van der Waals surface area (Å²) in [6.07, 6.45) is -3.22. The molecule has 19 heteroatoms. The molecule has 0 aliphatic heterocycles. The van der Waals surface area contributed by atoms with Crippen molar-refractivity contribution in [2.24, 2.45) is 0 Å². The Morgan fingerprint density at radius 1 is 1.12 bits per heavy atom.